The normalized spacial score (nSPS) is 10.5. The minimum absolute atomic E-state index is 0.351. The van der Waals surface area contributed by atoms with Crippen LogP contribution < -0.4 is 5.32 Å². The quantitative estimate of drug-likeness (QED) is 0.857. The van der Waals surface area contributed by atoms with E-state index in [0.29, 0.717) is 12.1 Å². The maximum absolute atomic E-state index is 13.6. The second kappa shape index (κ2) is 5.83. The molecule has 0 aliphatic heterocycles. The van der Waals surface area contributed by atoms with Crippen LogP contribution in [0.3, 0.4) is 0 Å². The van der Waals surface area contributed by atoms with Gasteiger partial charge in [-0.05, 0) is 30.5 Å². The third kappa shape index (κ3) is 3.11. The number of halogens is 2. The summed E-state index contributed by atoms with van der Waals surface area (Å²) in [6, 6.07) is 9.74. The van der Waals surface area contributed by atoms with Gasteiger partial charge in [-0.15, -0.1) is 0 Å². The Bertz CT molecular complexity index is 579. The first kappa shape index (κ1) is 13.5. The van der Waals surface area contributed by atoms with Gasteiger partial charge in [0.05, 0.1) is 0 Å². The van der Waals surface area contributed by atoms with Crippen LogP contribution in [0.2, 0.25) is 0 Å². The molecule has 0 aliphatic rings. The summed E-state index contributed by atoms with van der Waals surface area (Å²) in [6.07, 6.45) is 0.913. The summed E-state index contributed by atoms with van der Waals surface area (Å²) in [6.45, 7) is 4.45. The fourth-order valence-electron chi connectivity index (χ4n) is 2.12. The molecule has 0 radical (unpaired) electrons. The second-order valence-electron chi connectivity index (χ2n) is 4.55. The highest BCUT2D eigenvalue weighted by molar-refractivity contribution is 5.57. The van der Waals surface area contributed by atoms with Crippen LogP contribution in [0.1, 0.15) is 23.6 Å². The van der Waals surface area contributed by atoms with Crippen molar-refractivity contribution < 1.29 is 8.78 Å². The molecule has 2 aromatic carbocycles. The molecule has 2 rings (SSSR count). The van der Waals surface area contributed by atoms with Gasteiger partial charge < -0.3 is 5.32 Å². The van der Waals surface area contributed by atoms with Crippen LogP contribution in [0.4, 0.5) is 14.5 Å². The van der Waals surface area contributed by atoms with Crippen LogP contribution in [0.25, 0.3) is 0 Å². The van der Waals surface area contributed by atoms with E-state index in [1.165, 1.54) is 17.7 Å². The fraction of sp³-hybridized carbons (Fsp3) is 0.250. The Morgan fingerprint density at radius 1 is 1.05 bits per heavy atom. The third-order valence-electron chi connectivity index (χ3n) is 3.21. The molecular weight excluding hydrogens is 244 g/mol. The molecule has 0 saturated carbocycles. The predicted octanol–water partition coefficient (Wildman–Crippen LogP) is 4.45. The number of benzene rings is 2. The Balaban J connectivity index is 2.19. The van der Waals surface area contributed by atoms with Gasteiger partial charge in [-0.3, -0.25) is 0 Å². The van der Waals surface area contributed by atoms with Gasteiger partial charge in [0.2, 0.25) is 0 Å². The van der Waals surface area contributed by atoms with E-state index in [1.54, 1.807) is 0 Å². The average Bonchev–Trinajstić information content (AvgIpc) is 2.39. The van der Waals surface area contributed by atoms with Gasteiger partial charge in [-0.25, -0.2) is 8.78 Å². The number of nitrogens with one attached hydrogen (secondary N) is 1. The predicted molar refractivity (Wildman–Crippen MR) is 74.2 cm³/mol. The Hall–Kier alpha value is -1.90. The maximum atomic E-state index is 13.6. The molecule has 0 saturated heterocycles. The zero-order chi connectivity index (χ0) is 13.8. The molecule has 0 aliphatic carbocycles. The van der Waals surface area contributed by atoms with E-state index in [0.717, 1.165) is 23.7 Å². The summed E-state index contributed by atoms with van der Waals surface area (Å²) >= 11 is 0. The Labute approximate surface area is 112 Å². The minimum Gasteiger partial charge on any atom is -0.380 e. The van der Waals surface area contributed by atoms with E-state index in [2.05, 4.69) is 18.3 Å². The molecule has 0 spiro atoms. The molecule has 0 heterocycles. The van der Waals surface area contributed by atoms with Crippen molar-refractivity contribution in [3.05, 3.63) is 64.7 Å². The molecule has 0 unspecified atom stereocenters. The highest BCUT2D eigenvalue weighted by Gasteiger charge is 2.07. The summed E-state index contributed by atoms with van der Waals surface area (Å²) < 4.78 is 26.4. The van der Waals surface area contributed by atoms with Gasteiger partial charge in [0.15, 0.2) is 0 Å². The Kier molecular flexibility index (Phi) is 4.15. The largest absolute Gasteiger partial charge is 0.380 e. The third-order valence-corrected chi connectivity index (χ3v) is 3.21. The number of hydrogen-bond acceptors (Lipinski definition) is 1. The molecule has 0 aromatic heterocycles. The Morgan fingerprint density at radius 2 is 1.84 bits per heavy atom. The lowest BCUT2D eigenvalue weighted by Crippen LogP contribution is -2.05. The monoisotopic (exact) mass is 261 g/mol. The topological polar surface area (TPSA) is 12.0 Å². The molecular formula is C16H17F2N. The van der Waals surface area contributed by atoms with Gasteiger partial charge in [0.25, 0.3) is 0 Å². The molecule has 1 N–H and O–H groups in total. The standard InChI is InChI=1S/C16H17F2N/c1-3-12-6-4-5-11(2)16(12)19-10-13-7-8-14(17)9-15(13)18/h4-9,19H,3,10H2,1-2H3. The zero-order valence-corrected chi connectivity index (χ0v) is 11.1. The van der Waals surface area contributed by atoms with E-state index in [-0.39, 0.29) is 0 Å². The molecule has 19 heavy (non-hydrogen) atoms. The highest BCUT2D eigenvalue weighted by atomic mass is 19.1. The lowest BCUT2D eigenvalue weighted by molar-refractivity contribution is 0.574. The van der Waals surface area contributed by atoms with Crippen LogP contribution in [0, 0.1) is 18.6 Å². The van der Waals surface area contributed by atoms with E-state index in [1.807, 2.05) is 19.1 Å². The second-order valence-corrected chi connectivity index (χ2v) is 4.55. The SMILES string of the molecule is CCc1cccc(C)c1NCc1ccc(F)cc1F. The summed E-state index contributed by atoms with van der Waals surface area (Å²) in [5.41, 5.74) is 3.82. The molecule has 2 aromatic rings. The summed E-state index contributed by atoms with van der Waals surface area (Å²) in [7, 11) is 0. The summed E-state index contributed by atoms with van der Waals surface area (Å²) in [4.78, 5) is 0. The first-order chi connectivity index (χ1) is 9.11. The maximum Gasteiger partial charge on any atom is 0.131 e. The smallest absolute Gasteiger partial charge is 0.131 e. The van der Waals surface area contributed by atoms with Gasteiger partial charge >= 0.3 is 0 Å². The van der Waals surface area contributed by atoms with E-state index in [4.69, 9.17) is 0 Å². The van der Waals surface area contributed by atoms with Crippen LogP contribution >= 0.6 is 0 Å². The van der Waals surface area contributed by atoms with Gasteiger partial charge in [0.1, 0.15) is 11.6 Å². The van der Waals surface area contributed by atoms with E-state index < -0.39 is 11.6 Å². The van der Waals surface area contributed by atoms with Crippen LogP contribution in [-0.2, 0) is 13.0 Å². The van der Waals surface area contributed by atoms with Crippen molar-refractivity contribution in [1.29, 1.82) is 0 Å². The van der Waals surface area contributed by atoms with Crippen LogP contribution in [0.5, 0.6) is 0 Å². The summed E-state index contributed by atoms with van der Waals surface area (Å²) in [5.74, 6) is -1.06. The van der Waals surface area contributed by atoms with Crippen molar-refractivity contribution in [2.75, 3.05) is 5.32 Å². The lowest BCUT2D eigenvalue weighted by Gasteiger charge is -2.14. The van der Waals surface area contributed by atoms with E-state index in [9.17, 15) is 8.78 Å². The number of anilines is 1. The summed E-state index contributed by atoms with van der Waals surface area (Å²) in [5, 5.41) is 3.25. The van der Waals surface area contributed by atoms with Gasteiger partial charge in [0, 0.05) is 23.9 Å². The van der Waals surface area contributed by atoms with E-state index >= 15 is 0 Å². The molecule has 0 bridgehead atoms. The minimum atomic E-state index is -0.550. The van der Waals surface area contributed by atoms with Gasteiger partial charge in [-0.2, -0.15) is 0 Å². The first-order valence-electron chi connectivity index (χ1n) is 6.38. The zero-order valence-electron chi connectivity index (χ0n) is 11.1. The fourth-order valence-corrected chi connectivity index (χ4v) is 2.12. The molecule has 100 valence electrons. The lowest BCUT2D eigenvalue weighted by atomic mass is 10.1. The van der Waals surface area contributed by atoms with Crippen molar-refractivity contribution >= 4 is 5.69 Å². The van der Waals surface area contributed by atoms with Crippen molar-refractivity contribution in [2.45, 2.75) is 26.8 Å². The number of para-hydroxylation sites is 1. The van der Waals surface area contributed by atoms with Crippen LogP contribution in [0.15, 0.2) is 36.4 Å². The van der Waals surface area contributed by atoms with Crippen molar-refractivity contribution in [2.24, 2.45) is 0 Å². The van der Waals surface area contributed by atoms with Crippen molar-refractivity contribution in [3.63, 3.8) is 0 Å². The molecule has 0 amide bonds. The van der Waals surface area contributed by atoms with Gasteiger partial charge in [-0.1, -0.05) is 31.2 Å². The number of rotatable bonds is 4. The van der Waals surface area contributed by atoms with Crippen molar-refractivity contribution in [3.8, 4) is 0 Å². The Morgan fingerprint density at radius 3 is 2.53 bits per heavy atom. The number of aryl methyl sites for hydroxylation is 2. The molecule has 1 nitrogen and oxygen atoms in total. The van der Waals surface area contributed by atoms with Crippen LogP contribution in [-0.4, -0.2) is 0 Å². The van der Waals surface area contributed by atoms with Crippen molar-refractivity contribution in [1.82, 2.24) is 0 Å². The average molecular weight is 261 g/mol. The molecule has 3 heteroatoms. The molecule has 0 fully saturated rings. The first-order valence-corrected chi connectivity index (χ1v) is 6.38. The number of hydrogen-bond donors (Lipinski definition) is 1. The molecule has 0 atom stereocenters. The highest BCUT2D eigenvalue weighted by Crippen LogP contribution is 2.22.